The van der Waals surface area contributed by atoms with E-state index < -0.39 is 0 Å². The van der Waals surface area contributed by atoms with Crippen molar-refractivity contribution in [3.05, 3.63) is 64.1 Å². The maximum Gasteiger partial charge on any atom is 0.0612 e. The monoisotopic (exact) mass is 307 g/mol. The summed E-state index contributed by atoms with van der Waals surface area (Å²) in [6, 6.07) is 16.2. The molecule has 1 atom stereocenters. The molecule has 0 aliphatic heterocycles. The first-order chi connectivity index (χ1) is 9.58. The molecular formula is C17H19Cl2N. The maximum absolute atomic E-state index is 6.04. The van der Waals surface area contributed by atoms with Crippen molar-refractivity contribution in [1.82, 2.24) is 0 Å². The molecule has 2 aromatic carbocycles. The summed E-state index contributed by atoms with van der Waals surface area (Å²) < 4.78 is 0. The van der Waals surface area contributed by atoms with Crippen molar-refractivity contribution in [2.24, 2.45) is 5.92 Å². The molecule has 0 aliphatic rings. The molecule has 0 saturated heterocycles. The quantitative estimate of drug-likeness (QED) is 0.731. The summed E-state index contributed by atoms with van der Waals surface area (Å²) in [4.78, 5) is 0. The molecule has 2 rings (SSSR count). The fourth-order valence-electron chi connectivity index (χ4n) is 2.27. The molecule has 1 unspecified atom stereocenters. The number of halogens is 2. The van der Waals surface area contributed by atoms with E-state index in [0.29, 0.717) is 21.9 Å². The van der Waals surface area contributed by atoms with Gasteiger partial charge in [-0.2, -0.15) is 0 Å². The van der Waals surface area contributed by atoms with Crippen molar-refractivity contribution < 1.29 is 0 Å². The molecule has 0 fully saturated rings. The minimum absolute atomic E-state index is 0.464. The summed E-state index contributed by atoms with van der Waals surface area (Å²) in [5.41, 5.74) is 2.36. The zero-order valence-corrected chi connectivity index (χ0v) is 13.2. The number of hydrogen-bond acceptors (Lipinski definition) is 1. The Hall–Kier alpha value is -1.18. The van der Waals surface area contributed by atoms with Crippen LogP contribution in [0, 0.1) is 5.92 Å². The third-order valence-electron chi connectivity index (χ3n) is 3.48. The lowest BCUT2D eigenvalue weighted by molar-refractivity contribution is 0.517. The van der Waals surface area contributed by atoms with Gasteiger partial charge in [0.15, 0.2) is 0 Å². The average molecular weight is 308 g/mol. The Morgan fingerprint density at radius 1 is 0.950 bits per heavy atom. The Morgan fingerprint density at radius 2 is 1.65 bits per heavy atom. The van der Waals surface area contributed by atoms with E-state index in [1.807, 2.05) is 24.3 Å². The predicted molar refractivity (Wildman–Crippen MR) is 89.0 cm³/mol. The summed E-state index contributed by atoms with van der Waals surface area (Å²) in [6.45, 7) is 5.36. The highest BCUT2D eigenvalue weighted by Gasteiger charge is 2.15. The highest BCUT2D eigenvalue weighted by molar-refractivity contribution is 6.42. The first-order valence-corrected chi connectivity index (χ1v) is 7.57. The Bertz CT molecular complexity index is 552. The van der Waals surface area contributed by atoms with E-state index in [4.69, 9.17) is 23.2 Å². The molecular weight excluding hydrogens is 289 g/mol. The Morgan fingerprint density at radius 3 is 2.25 bits per heavy atom. The van der Waals surface area contributed by atoms with Crippen LogP contribution in [0.15, 0.2) is 48.5 Å². The van der Waals surface area contributed by atoms with Crippen LogP contribution >= 0.6 is 23.2 Å². The lowest BCUT2D eigenvalue weighted by Crippen LogP contribution is -2.17. The molecule has 0 amide bonds. The largest absolute Gasteiger partial charge is 0.384 e. The van der Waals surface area contributed by atoms with Crippen LogP contribution in [0.4, 0.5) is 5.69 Å². The molecule has 106 valence electrons. The highest BCUT2D eigenvalue weighted by atomic mass is 35.5. The van der Waals surface area contributed by atoms with Crippen LogP contribution in [0.25, 0.3) is 0 Å². The van der Waals surface area contributed by atoms with E-state index in [-0.39, 0.29) is 0 Å². The number of anilines is 1. The second kappa shape index (κ2) is 7.01. The van der Waals surface area contributed by atoms with Gasteiger partial charge in [0.05, 0.1) is 10.0 Å². The maximum atomic E-state index is 6.04. The van der Waals surface area contributed by atoms with E-state index in [2.05, 4.69) is 43.4 Å². The molecule has 0 aromatic heterocycles. The van der Waals surface area contributed by atoms with Crippen molar-refractivity contribution in [2.45, 2.75) is 19.8 Å². The van der Waals surface area contributed by atoms with Crippen LogP contribution in [-0.2, 0) is 0 Å². The number of rotatable bonds is 5. The third kappa shape index (κ3) is 3.91. The van der Waals surface area contributed by atoms with Gasteiger partial charge in [0.25, 0.3) is 0 Å². The molecule has 1 N–H and O–H groups in total. The van der Waals surface area contributed by atoms with Crippen LogP contribution in [0.3, 0.4) is 0 Å². The van der Waals surface area contributed by atoms with Crippen molar-refractivity contribution in [1.29, 1.82) is 0 Å². The minimum Gasteiger partial charge on any atom is -0.384 e. The zero-order valence-electron chi connectivity index (χ0n) is 11.7. The number of benzene rings is 2. The Kier molecular flexibility index (Phi) is 5.33. The van der Waals surface area contributed by atoms with Gasteiger partial charge in [-0.05, 0) is 29.7 Å². The highest BCUT2D eigenvalue weighted by Crippen LogP contribution is 2.28. The normalized spacial score (nSPS) is 12.4. The van der Waals surface area contributed by atoms with Crippen LogP contribution in [0.5, 0.6) is 0 Å². The molecule has 3 heteroatoms. The summed E-state index contributed by atoms with van der Waals surface area (Å²) in [7, 11) is 0. The van der Waals surface area contributed by atoms with E-state index in [1.54, 1.807) is 0 Å². The van der Waals surface area contributed by atoms with E-state index >= 15 is 0 Å². The van der Waals surface area contributed by atoms with Gasteiger partial charge in [0.2, 0.25) is 0 Å². The average Bonchev–Trinajstić information content (AvgIpc) is 2.44. The molecule has 0 bridgehead atoms. The third-order valence-corrected chi connectivity index (χ3v) is 4.22. The standard InChI is InChI=1S/C17H19Cl2N/c1-12(2)15(13-6-4-3-5-7-13)11-20-14-8-9-16(18)17(19)10-14/h3-10,12,15,20H,11H2,1-2H3. The van der Waals surface area contributed by atoms with E-state index in [0.717, 1.165) is 12.2 Å². The van der Waals surface area contributed by atoms with Crippen molar-refractivity contribution in [2.75, 3.05) is 11.9 Å². The molecule has 0 radical (unpaired) electrons. The fourth-order valence-corrected chi connectivity index (χ4v) is 2.57. The van der Waals surface area contributed by atoms with Gasteiger partial charge in [0.1, 0.15) is 0 Å². The van der Waals surface area contributed by atoms with Gasteiger partial charge in [0, 0.05) is 18.2 Å². The van der Waals surface area contributed by atoms with Gasteiger partial charge >= 0.3 is 0 Å². The second-order valence-electron chi connectivity index (χ2n) is 5.27. The van der Waals surface area contributed by atoms with Crippen molar-refractivity contribution in [3.63, 3.8) is 0 Å². The molecule has 1 nitrogen and oxygen atoms in total. The Labute approximate surface area is 130 Å². The van der Waals surface area contributed by atoms with Gasteiger partial charge < -0.3 is 5.32 Å². The molecule has 0 saturated carbocycles. The SMILES string of the molecule is CC(C)C(CNc1ccc(Cl)c(Cl)c1)c1ccccc1. The van der Waals surface area contributed by atoms with E-state index in [1.165, 1.54) is 5.56 Å². The lowest BCUT2D eigenvalue weighted by atomic mass is 9.88. The number of nitrogens with one attached hydrogen (secondary N) is 1. The first-order valence-electron chi connectivity index (χ1n) is 6.82. The van der Waals surface area contributed by atoms with Crippen LogP contribution in [0.1, 0.15) is 25.3 Å². The molecule has 0 spiro atoms. The number of hydrogen-bond donors (Lipinski definition) is 1. The summed E-state index contributed by atoms with van der Waals surface area (Å²) in [6.07, 6.45) is 0. The second-order valence-corrected chi connectivity index (χ2v) is 6.09. The summed E-state index contributed by atoms with van der Waals surface area (Å²) in [5.74, 6) is 1.03. The van der Waals surface area contributed by atoms with Crippen molar-refractivity contribution >= 4 is 28.9 Å². The predicted octanol–water partition coefficient (Wildman–Crippen LogP) is 5.85. The van der Waals surface area contributed by atoms with Gasteiger partial charge in [-0.15, -0.1) is 0 Å². The first kappa shape index (κ1) is 15.2. The molecule has 20 heavy (non-hydrogen) atoms. The summed E-state index contributed by atoms with van der Waals surface area (Å²) in [5, 5.41) is 4.61. The minimum atomic E-state index is 0.464. The molecule has 0 heterocycles. The van der Waals surface area contributed by atoms with Crippen LogP contribution in [-0.4, -0.2) is 6.54 Å². The topological polar surface area (TPSA) is 12.0 Å². The van der Waals surface area contributed by atoms with E-state index in [9.17, 15) is 0 Å². The lowest BCUT2D eigenvalue weighted by Gasteiger charge is -2.22. The van der Waals surface area contributed by atoms with Gasteiger partial charge in [-0.3, -0.25) is 0 Å². The van der Waals surface area contributed by atoms with Gasteiger partial charge in [-0.25, -0.2) is 0 Å². The summed E-state index contributed by atoms with van der Waals surface area (Å²) >= 11 is 12.0. The Balaban J connectivity index is 2.08. The molecule has 0 aliphatic carbocycles. The fraction of sp³-hybridized carbons (Fsp3) is 0.294. The van der Waals surface area contributed by atoms with Crippen LogP contribution in [0.2, 0.25) is 10.0 Å². The smallest absolute Gasteiger partial charge is 0.0612 e. The molecule has 2 aromatic rings. The zero-order chi connectivity index (χ0) is 14.5. The van der Waals surface area contributed by atoms with Crippen molar-refractivity contribution in [3.8, 4) is 0 Å². The van der Waals surface area contributed by atoms with Crippen LogP contribution < -0.4 is 5.32 Å². The van der Waals surface area contributed by atoms with Gasteiger partial charge in [-0.1, -0.05) is 67.4 Å².